The van der Waals surface area contributed by atoms with Crippen molar-refractivity contribution in [2.75, 3.05) is 0 Å². The minimum absolute atomic E-state index is 0.0412. The van der Waals surface area contributed by atoms with Gasteiger partial charge in [0.05, 0.1) is 18.8 Å². The minimum Gasteiger partial charge on any atom is -0.508 e. The summed E-state index contributed by atoms with van der Waals surface area (Å²) < 4.78 is 0. The molecule has 0 aliphatic heterocycles. The summed E-state index contributed by atoms with van der Waals surface area (Å²) in [5.41, 5.74) is 7.92. The van der Waals surface area contributed by atoms with E-state index in [-0.39, 0.29) is 25.0 Å². The smallest absolute Gasteiger partial charge is 0.326 e. The molecule has 1 heterocycles. The molecule has 0 saturated heterocycles. The molecule has 42 heavy (non-hydrogen) atoms. The van der Waals surface area contributed by atoms with Gasteiger partial charge in [0.25, 0.3) is 0 Å². The number of carbonyl (C=O) groups excluding carboxylic acids is 3. The van der Waals surface area contributed by atoms with Gasteiger partial charge in [-0.2, -0.15) is 0 Å². The highest BCUT2D eigenvalue weighted by atomic mass is 16.4. The minimum atomic E-state index is -1.74. The molecule has 3 aromatic rings. The molecule has 14 heteroatoms. The number of rotatable bonds is 15. The first-order valence-electron chi connectivity index (χ1n) is 12.9. The van der Waals surface area contributed by atoms with Gasteiger partial charge in [0.1, 0.15) is 23.9 Å². The van der Waals surface area contributed by atoms with Crippen molar-refractivity contribution in [1.82, 2.24) is 25.9 Å². The van der Waals surface area contributed by atoms with E-state index in [0.29, 0.717) is 16.8 Å². The molecular weight excluding hydrogens is 548 g/mol. The molecule has 4 unspecified atom stereocenters. The molecule has 9 N–H and O–H groups in total. The average Bonchev–Trinajstić information content (AvgIpc) is 3.46. The van der Waals surface area contributed by atoms with Crippen LogP contribution >= 0.6 is 0 Å². The summed E-state index contributed by atoms with van der Waals surface area (Å²) in [6.45, 7) is 0. The van der Waals surface area contributed by atoms with Crippen molar-refractivity contribution in [3.05, 3.63) is 83.9 Å². The highest BCUT2D eigenvalue weighted by Crippen LogP contribution is 2.12. The normalized spacial score (nSPS) is 13.6. The molecule has 0 aliphatic carbocycles. The fraction of sp³-hybridized carbons (Fsp3) is 0.286. The van der Waals surface area contributed by atoms with Gasteiger partial charge in [-0.25, -0.2) is 9.78 Å². The number of aliphatic carboxylic acids is 2. The van der Waals surface area contributed by atoms with Gasteiger partial charge in [-0.15, -0.1) is 0 Å². The first kappa shape index (κ1) is 31.3. The van der Waals surface area contributed by atoms with Crippen LogP contribution in [0.5, 0.6) is 5.75 Å². The Balaban J connectivity index is 1.80. The number of aromatic hydroxyl groups is 1. The number of carboxylic acids is 2. The first-order chi connectivity index (χ1) is 20.0. The summed E-state index contributed by atoms with van der Waals surface area (Å²) in [5.74, 6) is -5.28. The number of aromatic nitrogens is 2. The number of benzene rings is 2. The molecule has 0 spiro atoms. The van der Waals surface area contributed by atoms with E-state index in [4.69, 9.17) is 10.8 Å². The number of aromatic amines is 1. The van der Waals surface area contributed by atoms with Gasteiger partial charge in [0, 0.05) is 24.7 Å². The van der Waals surface area contributed by atoms with Crippen LogP contribution in [0.3, 0.4) is 0 Å². The maximum absolute atomic E-state index is 13.5. The lowest BCUT2D eigenvalue weighted by atomic mass is 10.0. The van der Waals surface area contributed by atoms with Gasteiger partial charge in [-0.3, -0.25) is 19.2 Å². The Hall–Kier alpha value is -5.24. The number of hydrogen-bond acceptors (Lipinski definition) is 8. The molecule has 0 radical (unpaired) electrons. The van der Waals surface area contributed by atoms with Crippen LogP contribution < -0.4 is 21.7 Å². The number of H-pyrrole nitrogens is 1. The van der Waals surface area contributed by atoms with Crippen LogP contribution in [0.25, 0.3) is 0 Å². The van der Waals surface area contributed by atoms with Gasteiger partial charge in [-0.1, -0.05) is 42.5 Å². The Labute approximate surface area is 240 Å². The number of amides is 3. The number of nitrogens with two attached hydrogens (primary N) is 1. The topological polar surface area (TPSA) is 237 Å². The number of hydrogen-bond donors (Lipinski definition) is 8. The molecule has 1 aromatic heterocycles. The third-order valence-corrected chi connectivity index (χ3v) is 6.25. The van der Waals surface area contributed by atoms with E-state index in [9.17, 15) is 34.2 Å². The first-order valence-corrected chi connectivity index (χ1v) is 12.9. The zero-order valence-electron chi connectivity index (χ0n) is 22.4. The van der Waals surface area contributed by atoms with Crippen LogP contribution in [0.15, 0.2) is 67.1 Å². The Morgan fingerprint density at radius 3 is 1.90 bits per heavy atom. The molecule has 222 valence electrons. The summed E-state index contributed by atoms with van der Waals surface area (Å²) in [6.07, 6.45) is 1.91. The molecular formula is C28H32N6O8. The van der Waals surface area contributed by atoms with Crippen LogP contribution in [-0.4, -0.2) is 79.1 Å². The number of imidazole rings is 1. The number of carbonyl (C=O) groups is 5. The van der Waals surface area contributed by atoms with Crippen molar-refractivity contribution in [2.45, 2.75) is 49.9 Å². The highest BCUT2D eigenvalue weighted by molar-refractivity contribution is 5.95. The van der Waals surface area contributed by atoms with E-state index in [1.807, 2.05) is 0 Å². The Morgan fingerprint density at radius 2 is 1.33 bits per heavy atom. The third kappa shape index (κ3) is 9.75. The maximum atomic E-state index is 13.5. The van der Waals surface area contributed by atoms with E-state index in [1.54, 1.807) is 42.5 Å². The molecule has 2 aromatic carbocycles. The zero-order chi connectivity index (χ0) is 30.6. The number of carboxylic acid groups (broad SMARTS) is 2. The van der Waals surface area contributed by atoms with Crippen LogP contribution in [-0.2, 0) is 43.2 Å². The average molecular weight is 581 g/mol. The number of nitrogens with zero attached hydrogens (tertiary/aromatic N) is 1. The van der Waals surface area contributed by atoms with Gasteiger partial charge >= 0.3 is 11.9 Å². The lowest BCUT2D eigenvalue weighted by Crippen LogP contribution is -2.58. The molecule has 4 atom stereocenters. The van der Waals surface area contributed by atoms with Crippen LogP contribution in [0.4, 0.5) is 0 Å². The number of nitrogens with one attached hydrogen (secondary N) is 4. The predicted molar refractivity (Wildman–Crippen MR) is 148 cm³/mol. The Bertz CT molecular complexity index is 1360. The predicted octanol–water partition coefficient (Wildman–Crippen LogP) is -0.516. The summed E-state index contributed by atoms with van der Waals surface area (Å²) in [6, 6.07) is 9.63. The second-order valence-electron chi connectivity index (χ2n) is 9.57. The van der Waals surface area contributed by atoms with Crippen LogP contribution in [0, 0.1) is 0 Å². The molecule has 0 fully saturated rings. The van der Waals surface area contributed by atoms with Gasteiger partial charge in [-0.05, 0) is 29.7 Å². The summed E-state index contributed by atoms with van der Waals surface area (Å²) in [4.78, 5) is 69.0. The molecule has 3 amide bonds. The fourth-order valence-corrected chi connectivity index (χ4v) is 4.06. The zero-order valence-corrected chi connectivity index (χ0v) is 22.4. The molecule has 3 rings (SSSR count). The van der Waals surface area contributed by atoms with Gasteiger partial charge in [0.2, 0.25) is 17.7 Å². The summed E-state index contributed by atoms with van der Waals surface area (Å²) >= 11 is 0. The Morgan fingerprint density at radius 1 is 0.762 bits per heavy atom. The van der Waals surface area contributed by atoms with Crippen molar-refractivity contribution < 1.29 is 39.3 Å². The van der Waals surface area contributed by atoms with Crippen molar-refractivity contribution in [3.63, 3.8) is 0 Å². The van der Waals surface area contributed by atoms with E-state index >= 15 is 0 Å². The van der Waals surface area contributed by atoms with Gasteiger partial charge in [0.15, 0.2) is 0 Å². The number of phenols is 1. The third-order valence-electron chi connectivity index (χ3n) is 6.25. The van der Waals surface area contributed by atoms with Crippen LogP contribution in [0.2, 0.25) is 0 Å². The standard InChI is InChI=1S/C28H32N6O8/c29-20(10-17-6-8-19(35)9-7-17)25(38)32-21(11-16-4-2-1-3-5-16)26(39)33-22(12-18-14-30-15-31-18)27(40)34-23(28(41)42)13-24(36)37/h1-9,14-15,20-23,35H,10-13,29H2,(H,30,31)(H,32,38)(H,33,39)(H,34,40)(H,36,37)(H,41,42). The molecule has 0 saturated carbocycles. The van der Waals surface area contributed by atoms with E-state index in [2.05, 4.69) is 25.9 Å². The number of phenolic OH excluding ortho intramolecular Hbond substituents is 1. The van der Waals surface area contributed by atoms with Crippen LogP contribution in [0.1, 0.15) is 23.2 Å². The van der Waals surface area contributed by atoms with E-state index < -0.39 is 60.2 Å². The van der Waals surface area contributed by atoms with E-state index in [0.717, 1.165) is 0 Å². The molecule has 0 bridgehead atoms. The maximum Gasteiger partial charge on any atom is 0.326 e. The summed E-state index contributed by atoms with van der Waals surface area (Å²) in [7, 11) is 0. The van der Waals surface area contributed by atoms with Gasteiger partial charge < -0.3 is 42.0 Å². The largest absolute Gasteiger partial charge is 0.508 e. The molecule has 14 nitrogen and oxygen atoms in total. The second-order valence-corrected chi connectivity index (χ2v) is 9.57. The SMILES string of the molecule is NC(Cc1ccc(O)cc1)C(=O)NC(Cc1ccccc1)C(=O)NC(Cc1cnc[nH]1)C(=O)NC(CC(=O)O)C(=O)O. The summed E-state index contributed by atoms with van der Waals surface area (Å²) in [5, 5.41) is 35.2. The van der Waals surface area contributed by atoms with Crippen molar-refractivity contribution >= 4 is 29.7 Å². The van der Waals surface area contributed by atoms with Crippen molar-refractivity contribution in [2.24, 2.45) is 5.73 Å². The molecule has 0 aliphatic rings. The lowest BCUT2D eigenvalue weighted by molar-refractivity contribution is -0.147. The Kier molecular flexibility index (Phi) is 11.1. The van der Waals surface area contributed by atoms with Crippen molar-refractivity contribution in [1.29, 1.82) is 0 Å². The monoisotopic (exact) mass is 580 g/mol. The second kappa shape index (κ2) is 14.9. The highest BCUT2D eigenvalue weighted by Gasteiger charge is 2.31. The van der Waals surface area contributed by atoms with Crippen molar-refractivity contribution in [3.8, 4) is 5.75 Å². The quantitative estimate of drug-likeness (QED) is 0.114. The van der Waals surface area contributed by atoms with E-state index in [1.165, 1.54) is 24.7 Å². The fourth-order valence-electron chi connectivity index (χ4n) is 4.06. The lowest BCUT2D eigenvalue weighted by Gasteiger charge is -2.25.